The van der Waals surface area contributed by atoms with Gasteiger partial charge in [0.2, 0.25) is 5.82 Å². The monoisotopic (exact) mass is 358 g/mol. The van der Waals surface area contributed by atoms with Gasteiger partial charge in [-0.3, -0.25) is 15.0 Å². The minimum absolute atomic E-state index is 0.170. The Morgan fingerprint density at radius 1 is 1.31 bits per heavy atom. The lowest BCUT2D eigenvalue weighted by Gasteiger charge is -2.38. The molecule has 0 aliphatic carbocycles. The van der Waals surface area contributed by atoms with E-state index in [4.69, 9.17) is 0 Å². The molecule has 1 aromatic carbocycles. The van der Waals surface area contributed by atoms with Crippen molar-refractivity contribution >= 4 is 11.5 Å². The summed E-state index contributed by atoms with van der Waals surface area (Å²) in [6.07, 6.45) is 2.85. The Morgan fingerprint density at radius 2 is 2.00 bits per heavy atom. The summed E-state index contributed by atoms with van der Waals surface area (Å²) in [7, 11) is 0. The molecule has 26 heavy (non-hydrogen) atoms. The van der Waals surface area contributed by atoms with Crippen LogP contribution in [-0.2, 0) is 6.54 Å². The molecule has 0 spiro atoms. The van der Waals surface area contributed by atoms with E-state index in [1.807, 2.05) is 30.0 Å². The molecule has 2 heterocycles. The quantitative estimate of drug-likeness (QED) is 0.583. The number of pyridine rings is 1. The zero-order valence-corrected chi connectivity index (χ0v) is 14.8. The topological polar surface area (TPSA) is 62.5 Å². The fraction of sp³-hybridized carbons (Fsp3) is 0.421. The minimum atomic E-state index is -0.686. The van der Waals surface area contributed by atoms with E-state index in [1.54, 1.807) is 0 Å². The van der Waals surface area contributed by atoms with Crippen LogP contribution < -0.4 is 4.90 Å². The van der Waals surface area contributed by atoms with Crippen molar-refractivity contribution in [3.63, 3.8) is 0 Å². The first-order valence-electron chi connectivity index (χ1n) is 8.91. The van der Waals surface area contributed by atoms with Crippen molar-refractivity contribution in [2.24, 2.45) is 0 Å². The predicted octanol–water partition coefficient (Wildman–Crippen LogP) is 3.62. The lowest BCUT2D eigenvalue weighted by molar-refractivity contribution is -0.384. The molecule has 3 rings (SSSR count). The zero-order valence-electron chi connectivity index (χ0n) is 14.8. The molecule has 0 saturated carbocycles. The second-order valence-corrected chi connectivity index (χ2v) is 6.53. The van der Waals surface area contributed by atoms with Crippen LogP contribution in [0.15, 0.2) is 42.6 Å². The Morgan fingerprint density at radius 3 is 2.62 bits per heavy atom. The molecule has 0 amide bonds. The summed E-state index contributed by atoms with van der Waals surface area (Å²) < 4.78 is 13.4. The maximum Gasteiger partial charge on any atom is 0.314 e. The molecule has 7 heteroatoms. The molecule has 1 aromatic heterocycles. The molecule has 2 aromatic rings. The fourth-order valence-corrected chi connectivity index (χ4v) is 3.59. The van der Waals surface area contributed by atoms with Gasteiger partial charge in [-0.2, -0.15) is 0 Å². The highest BCUT2D eigenvalue weighted by Crippen LogP contribution is 2.30. The molecule has 0 atom stereocenters. The highest BCUT2D eigenvalue weighted by Gasteiger charge is 2.29. The van der Waals surface area contributed by atoms with Crippen molar-refractivity contribution in [2.75, 3.05) is 24.5 Å². The van der Waals surface area contributed by atoms with Crippen LogP contribution in [0.2, 0.25) is 0 Å². The van der Waals surface area contributed by atoms with E-state index in [0.29, 0.717) is 6.54 Å². The van der Waals surface area contributed by atoms with Gasteiger partial charge in [-0.1, -0.05) is 30.3 Å². The first-order chi connectivity index (χ1) is 12.6. The van der Waals surface area contributed by atoms with Crippen LogP contribution in [0.25, 0.3) is 0 Å². The summed E-state index contributed by atoms with van der Waals surface area (Å²) in [6, 6.07) is 11.5. The second kappa shape index (κ2) is 8.23. The first-order valence-corrected chi connectivity index (χ1v) is 8.91. The second-order valence-electron chi connectivity index (χ2n) is 6.53. The Balaban J connectivity index is 1.68. The highest BCUT2D eigenvalue weighted by atomic mass is 19.1. The lowest BCUT2D eigenvalue weighted by Crippen LogP contribution is -2.45. The largest absolute Gasteiger partial charge is 0.348 e. The Bertz CT molecular complexity index is 748. The number of benzene rings is 1. The normalized spacial score (nSPS) is 15.8. The van der Waals surface area contributed by atoms with Crippen LogP contribution in [0.1, 0.15) is 25.3 Å². The number of piperidine rings is 1. The van der Waals surface area contributed by atoms with Gasteiger partial charge in [0, 0.05) is 32.2 Å². The summed E-state index contributed by atoms with van der Waals surface area (Å²) in [5, 5.41) is 11.3. The average Bonchev–Trinajstić information content (AvgIpc) is 2.65. The first kappa shape index (κ1) is 18.3. The van der Waals surface area contributed by atoms with Crippen LogP contribution in [0.4, 0.5) is 15.9 Å². The molecule has 0 N–H and O–H groups in total. The Kier molecular flexibility index (Phi) is 5.78. The van der Waals surface area contributed by atoms with E-state index < -0.39 is 10.7 Å². The molecule has 0 radical (unpaired) electrons. The van der Waals surface area contributed by atoms with Gasteiger partial charge in [0.15, 0.2) is 0 Å². The van der Waals surface area contributed by atoms with Crippen LogP contribution in [0.3, 0.4) is 0 Å². The highest BCUT2D eigenvalue weighted by molar-refractivity contribution is 5.58. The lowest BCUT2D eigenvalue weighted by atomic mass is 10.0. The van der Waals surface area contributed by atoms with E-state index >= 15 is 0 Å². The molecule has 1 saturated heterocycles. The average molecular weight is 358 g/mol. The summed E-state index contributed by atoms with van der Waals surface area (Å²) in [5.74, 6) is -0.422. The van der Waals surface area contributed by atoms with E-state index in [0.717, 1.165) is 44.7 Å². The maximum absolute atomic E-state index is 13.4. The number of hydrogen-bond donors (Lipinski definition) is 0. The van der Waals surface area contributed by atoms with E-state index in [-0.39, 0.29) is 17.5 Å². The number of likely N-dealkylation sites (tertiary alicyclic amines) is 1. The van der Waals surface area contributed by atoms with Crippen molar-refractivity contribution in [2.45, 2.75) is 32.4 Å². The van der Waals surface area contributed by atoms with Gasteiger partial charge in [0.05, 0.1) is 17.2 Å². The van der Waals surface area contributed by atoms with Crippen LogP contribution >= 0.6 is 0 Å². The molecule has 138 valence electrons. The van der Waals surface area contributed by atoms with Gasteiger partial charge in [-0.15, -0.1) is 0 Å². The minimum Gasteiger partial charge on any atom is -0.348 e. The Labute approximate surface area is 152 Å². The van der Waals surface area contributed by atoms with Gasteiger partial charge in [0.1, 0.15) is 5.82 Å². The summed E-state index contributed by atoms with van der Waals surface area (Å²) in [4.78, 5) is 19.1. The van der Waals surface area contributed by atoms with Gasteiger partial charge < -0.3 is 4.90 Å². The van der Waals surface area contributed by atoms with Gasteiger partial charge in [-0.05, 0) is 25.3 Å². The third-order valence-corrected chi connectivity index (χ3v) is 4.87. The van der Waals surface area contributed by atoms with Crippen LogP contribution in [0.5, 0.6) is 0 Å². The van der Waals surface area contributed by atoms with Crippen LogP contribution in [-0.4, -0.2) is 40.5 Å². The van der Waals surface area contributed by atoms with Gasteiger partial charge in [-0.25, -0.2) is 9.37 Å². The summed E-state index contributed by atoms with van der Waals surface area (Å²) in [6.45, 7) is 5.30. The molecule has 1 aliphatic rings. The molecule has 1 aliphatic heterocycles. The molecular weight excluding hydrogens is 335 g/mol. The molecule has 0 bridgehead atoms. The standard InChI is InChI=1S/C19H23FN4O2/c1-2-23(19-18(24(25)26)12-16(20)13-21-19)17-8-10-22(11-9-17)14-15-6-4-3-5-7-15/h3-7,12-13,17H,2,8-11,14H2,1H3. The number of halogens is 1. The number of nitrogens with zero attached hydrogens (tertiary/aromatic N) is 4. The molecular formula is C19H23FN4O2. The van der Waals surface area contributed by atoms with Crippen molar-refractivity contribution in [3.8, 4) is 0 Å². The van der Waals surface area contributed by atoms with Crippen molar-refractivity contribution in [1.82, 2.24) is 9.88 Å². The third kappa shape index (κ3) is 4.16. The number of rotatable bonds is 6. The number of nitro groups is 1. The van der Waals surface area contributed by atoms with Gasteiger partial charge >= 0.3 is 5.69 Å². The maximum atomic E-state index is 13.4. The summed E-state index contributed by atoms with van der Waals surface area (Å²) >= 11 is 0. The van der Waals surface area contributed by atoms with Crippen molar-refractivity contribution < 1.29 is 9.31 Å². The summed E-state index contributed by atoms with van der Waals surface area (Å²) in [5.41, 5.74) is 1.02. The van der Waals surface area contributed by atoms with Gasteiger partial charge in [0.25, 0.3) is 0 Å². The van der Waals surface area contributed by atoms with E-state index in [2.05, 4.69) is 22.0 Å². The zero-order chi connectivity index (χ0) is 18.5. The predicted molar refractivity (Wildman–Crippen MR) is 98.6 cm³/mol. The van der Waals surface area contributed by atoms with E-state index in [1.165, 1.54) is 5.56 Å². The molecule has 1 fully saturated rings. The van der Waals surface area contributed by atoms with Crippen molar-refractivity contribution in [3.05, 3.63) is 64.1 Å². The molecule has 0 unspecified atom stereocenters. The number of aromatic nitrogens is 1. The third-order valence-electron chi connectivity index (χ3n) is 4.87. The van der Waals surface area contributed by atoms with E-state index in [9.17, 15) is 14.5 Å². The fourth-order valence-electron chi connectivity index (χ4n) is 3.59. The smallest absolute Gasteiger partial charge is 0.314 e. The van der Waals surface area contributed by atoms with Crippen molar-refractivity contribution in [1.29, 1.82) is 0 Å². The van der Waals surface area contributed by atoms with Crippen LogP contribution in [0, 0.1) is 15.9 Å². The molecule has 6 nitrogen and oxygen atoms in total. The number of hydrogen-bond acceptors (Lipinski definition) is 5. The Hall–Kier alpha value is -2.54. The number of anilines is 1. The SMILES string of the molecule is CCN(c1ncc(F)cc1[N+](=O)[O-])C1CCN(Cc2ccccc2)CC1.